The van der Waals surface area contributed by atoms with Crippen LogP contribution in [0.4, 0.5) is 0 Å². The second kappa shape index (κ2) is 6.95. The van der Waals surface area contributed by atoms with Crippen LogP contribution in [0.3, 0.4) is 0 Å². The molecule has 4 nitrogen and oxygen atoms in total. The summed E-state index contributed by atoms with van der Waals surface area (Å²) in [6.07, 6.45) is 5.80. The van der Waals surface area contributed by atoms with Crippen molar-refractivity contribution in [2.75, 3.05) is 20.2 Å². The molecule has 0 radical (unpaired) electrons. The minimum absolute atomic E-state index is 0.0905. The van der Waals surface area contributed by atoms with E-state index >= 15 is 0 Å². The highest BCUT2D eigenvalue weighted by Gasteiger charge is 2.21. The fraction of sp³-hybridized carbons (Fsp3) is 0.476. The van der Waals surface area contributed by atoms with Gasteiger partial charge >= 0.3 is 0 Å². The maximum Gasteiger partial charge on any atom is 0.246 e. The Morgan fingerprint density at radius 1 is 1.40 bits per heavy atom. The van der Waals surface area contributed by atoms with Gasteiger partial charge in [0.05, 0.1) is 13.4 Å². The van der Waals surface area contributed by atoms with Gasteiger partial charge in [0.25, 0.3) is 0 Å². The molecule has 0 saturated carbocycles. The van der Waals surface area contributed by atoms with Gasteiger partial charge in [-0.1, -0.05) is 6.92 Å². The second-order valence-corrected chi connectivity index (χ2v) is 7.24. The van der Waals surface area contributed by atoms with Gasteiger partial charge in [-0.25, -0.2) is 0 Å². The van der Waals surface area contributed by atoms with Gasteiger partial charge in [0.1, 0.15) is 11.3 Å². The highest BCUT2D eigenvalue weighted by molar-refractivity contribution is 5.98. The molecule has 0 bridgehead atoms. The number of benzene rings is 1. The first-order valence-electron chi connectivity index (χ1n) is 8.95. The van der Waals surface area contributed by atoms with E-state index in [0.29, 0.717) is 5.92 Å². The summed E-state index contributed by atoms with van der Waals surface area (Å²) in [7, 11) is 1.66. The Hall–Kier alpha value is -2.23. The summed E-state index contributed by atoms with van der Waals surface area (Å²) in [5.74, 6) is 1.44. The monoisotopic (exact) mass is 341 g/mol. The van der Waals surface area contributed by atoms with E-state index in [1.54, 1.807) is 19.4 Å². The molecule has 1 aliphatic rings. The van der Waals surface area contributed by atoms with Crippen LogP contribution in [0.2, 0.25) is 0 Å². The number of rotatable bonds is 3. The number of methoxy groups -OCH3 is 1. The molecule has 1 unspecified atom stereocenters. The summed E-state index contributed by atoms with van der Waals surface area (Å²) in [5, 5.41) is 1.07. The number of nitrogens with zero attached hydrogens (tertiary/aromatic N) is 1. The third-order valence-electron chi connectivity index (χ3n) is 5.18. The number of likely N-dealkylation sites (tertiary alicyclic amines) is 1. The highest BCUT2D eigenvalue weighted by atomic mass is 16.5. The lowest BCUT2D eigenvalue weighted by molar-refractivity contribution is -0.127. The molecular weight excluding hydrogens is 314 g/mol. The quantitative estimate of drug-likeness (QED) is 0.759. The zero-order chi connectivity index (χ0) is 18.1. The molecule has 134 valence electrons. The number of furan rings is 1. The van der Waals surface area contributed by atoms with Crippen molar-refractivity contribution in [3.8, 4) is 5.75 Å². The fourth-order valence-corrected chi connectivity index (χ4v) is 3.74. The Balaban J connectivity index is 1.99. The maximum absolute atomic E-state index is 12.7. The molecule has 4 heteroatoms. The summed E-state index contributed by atoms with van der Waals surface area (Å²) in [5.41, 5.74) is 4.78. The Morgan fingerprint density at radius 2 is 2.16 bits per heavy atom. The average Bonchev–Trinajstić information content (AvgIpc) is 2.96. The molecule has 1 amide bonds. The molecule has 1 saturated heterocycles. The first-order valence-corrected chi connectivity index (χ1v) is 8.95. The Morgan fingerprint density at radius 3 is 2.84 bits per heavy atom. The van der Waals surface area contributed by atoms with Gasteiger partial charge in [0, 0.05) is 35.7 Å². The Kier molecular flexibility index (Phi) is 4.89. The van der Waals surface area contributed by atoms with Gasteiger partial charge in [0.2, 0.25) is 5.91 Å². The van der Waals surface area contributed by atoms with Crippen molar-refractivity contribution in [2.45, 2.75) is 40.5 Å². The van der Waals surface area contributed by atoms with Crippen LogP contribution in [0.25, 0.3) is 16.5 Å². The van der Waals surface area contributed by atoms with E-state index in [1.807, 2.05) is 25.7 Å². The first-order chi connectivity index (χ1) is 11.9. The standard InChI is InChI=1S/C21H27NO3/c1-13-7-6-8-22(11-13)19(23)9-14(2)17-10-18-15(3)12-25-21(18)16(4)20(17)24-5/h9-10,12-13H,6-8,11H2,1-5H3/b14-9+. The number of hydrogen-bond acceptors (Lipinski definition) is 3. The van der Waals surface area contributed by atoms with Crippen LogP contribution < -0.4 is 4.74 Å². The van der Waals surface area contributed by atoms with E-state index in [2.05, 4.69) is 13.0 Å². The van der Waals surface area contributed by atoms with Crippen LogP contribution in [0.15, 0.2) is 22.8 Å². The molecule has 3 rings (SSSR count). The van der Waals surface area contributed by atoms with Crippen molar-refractivity contribution >= 4 is 22.4 Å². The van der Waals surface area contributed by atoms with Gasteiger partial charge in [-0.05, 0) is 56.7 Å². The largest absolute Gasteiger partial charge is 0.496 e. The SMILES string of the molecule is COc1c(/C(C)=C/C(=O)N2CCCC(C)C2)cc2c(C)coc2c1C. The van der Waals surface area contributed by atoms with Crippen LogP contribution in [-0.4, -0.2) is 31.0 Å². The van der Waals surface area contributed by atoms with Crippen LogP contribution in [-0.2, 0) is 4.79 Å². The van der Waals surface area contributed by atoms with Crippen LogP contribution in [0, 0.1) is 19.8 Å². The normalized spacial score (nSPS) is 18.7. The summed E-state index contributed by atoms with van der Waals surface area (Å²) >= 11 is 0. The van der Waals surface area contributed by atoms with E-state index < -0.39 is 0 Å². The zero-order valence-electron chi connectivity index (χ0n) is 15.8. The summed E-state index contributed by atoms with van der Waals surface area (Å²) in [6.45, 7) is 9.90. The third kappa shape index (κ3) is 3.30. The average molecular weight is 341 g/mol. The number of fused-ring (bicyclic) bond motifs is 1. The molecule has 25 heavy (non-hydrogen) atoms. The van der Waals surface area contributed by atoms with Gasteiger partial charge in [-0.15, -0.1) is 0 Å². The van der Waals surface area contributed by atoms with Gasteiger partial charge in [-0.2, -0.15) is 0 Å². The molecule has 1 atom stereocenters. The van der Waals surface area contributed by atoms with E-state index in [1.165, 1.54) is 6.42 Å². The molecule has 1 aliphatic heterocycles. The maximum atomic E-state index is 12.7. The van der Waals surface area contributed by atoms with Crippen molar-refractivity contribution in [3.05, 3.63) is 35.1 Å². The Bertz CT molecular complexity index is 831. The zero-order valence-corrected chi connectivity index (χ0v) is 15.8. The highest BCUT2D eigenvalue weighted by Crippen LogP contribution is 2.37. The van der Waals surface area contributed by atoms with Crippen molar-refractivity contribution in [2.24, 2.45) is 5.92 Å². The van der Waals surface area contributed by atoms with Gasteiger partial charge in [0.15, 0.2) is 0 Å². The Labute approximate surface area is 149 Å². The molecule has 0 N–H and O–H groups in total. The van der Waals surface area contributed by atoms with Crippen LogP contribution in [0.1, 0.15) is 43.4 Å². The number of aryl methyl sites for hydroxylation is 2. The second-order valence-electron chi connectivity index (χ2n) is 7.24. The minimum atomic E-state index is 0.0905. The van der Waals surface area contributed by atoms with E-state index in [9.17, 15) is 4.79 Å². The first kappa shape index (κ1) is 17.6. The van der Waals surface area contributed by atoms with Crippen molar-refractivity contribution in [1.82, 2.24) is 4.90 Å². The lowest BCUT2D eigenvalue weighted by atomic mass is 9.97. The van der Waals surface area contributed by atoms with Crippen LogP contribution in [0.5, 0.6) is 5.75 Å². The van der Waals surface area contributed by atoms with Crippen molar-refractivity contribution < 1.29 is 13.9 Å². The molecule has 1 fully saturated rings. The molecule has 1 aromatic heterocycles. The number of allylic oxidation sites excluding steroid dienone is 1. The smallest absolute Gasteiger partial charge is 0.246 e. The van der Waals surface area contributed by atoms with Crippen molar-refractivity contribution in [3.63, 3.8) is 0 Å². The van der Waals surface area contributed by atoms with Crippen LogP contribution >= 0.6 is 0 Å². The number of piperidine rings is 1. The predicted octanol–water partition coefficient (Wildman–Crippen LogP) is 4.72. The number of hydrogen-bond donors (Lipinski definition) is 0. The molecule has 2 heterocycles. The lowest BCUT2D eigenvalue weighted by Crippen LogP contribution is -2.38. The minimum Gasteiger partial charge on any atom is -0.496 e. The summed E-state index contributed by atoms with van der Waals surface area (Å²) in [6, 6.07) is 2.07. The third-order valence-corrected chi connectivity index (χ3v) is 5.18. The molecular formula is C21H27NO3. The summed E-state index contributed by atoms with van der Waals surface area (Å²) < 4.78 is 11.3. The lowest BCUT2D eigenvalue weighted by Gasteiger charge is -2.30. The van der Waals surface area contributed by atoms with E-state index in [4.69, 9.17) is 9.15 Å². The molecule has 0 spiro atoms. The van der Waals surface area contributed by atoms with Gasteiger partial charge in [-0.3, -0.25) is 4.79 Å². The van der Waals surface area contributed by atoms with Crippen molar-refractivity contribution in [1.29, 1.82) is 0 Å². The van der Waals surface area contributed by atoms with E-state index in [-0.39, 0.29) is 5.91 Å². The van der Waals surface area contributed by atoms with E-state index in [0.717, 1.165) is 58.5 Å². The predicted molar refractivity (Wildman–Crippen MR) is 101 cm³/mol. The molecule has 2 aromatic rings. The molecule has 0 aliphatic carbocycles. The molecule has 1 aromatic carbocycles. The number of carbonyl (C=O) groups is 1. The fourth-order valence-electron chi connectivity index (χ4n) is 3.74. The van der Waals surface area contributed by atoms with Gasteiger partial charge < -0.3 is 14.1 Å². The topological polar surface area (TPSA) is 42.7 Å². The number of amides is 1. The number of ether oxygens (including phenoxy) is 1. The number of carbonyl (C=O) groups excluding carboxylic acids is 1. The summed E-state index contributed by atoms with van der Waals surface area (Å²) in [4.78, 5) is 14.6.